The number of rotatable bonds is 4. The van der Waals surface area contributed by atoms with Crippen molar-refractivity contribution in [1.82, 2.24) is 0 Å². The molecule has 0 bridgehead atoms. The molecular weight excluding hydrogens is 304 g/mol. The molecule has 1 aromatic rings. The molecule has 1 N–H and O–H groups in total. The first kappa shape index (κ1) is 16.5. The zero-order valence-corrected chi connectivity index (χ0v) is 12.3. The zero-order chi connectivity index (χ0) is 15.5. The summed E-state index contributed by atoms with van der Waals surface area (Å²) in [6, 6.07) is 6.97. The Morgan fingerprint density at radius 2 is 1.71 bits per heavy atom. The van der Waals surface area contributed by atoms with Crippen LogP contribution < -0.4 is 0 Å². The highest BCUT2D eigenvalue weighted by molar-refractivity contribution is 7.53. The number of benzene rings is 1. The molecule has 21 heavy (non-hydrogen) atoms. The quantitative estimate of drug-likeness (QED) is 0.808. The van der Waals surface area contributed by atoms with Gasteiger partial charge in [0.1, 0.15) is 0 Å². The molecule has 1 fully saturated rings. The Labute approximate surface area is 121 Å². The van der Waals surface area contributed by atoms with Crippen molar-refractivity contribution in [3.63, 3.8) is 0 Å². The molecule has 7 heteroatoms. The molecule has 0 aromatic heterocycles. The lowest BCUT2D eigenvalue weighted by molar-refractivity contribution is -0.200. The van der Waals surface area contributed by atoms with E-state index in [0.717, 1.165) is 19.3 Å². The number of hydrogen-bond acceptors (Lipinski definition) is 2. The molecule has 1 saturated carbocycles. The highest BCUT2D eigenvalue weighted by Gasteiger charge is 2.47. The van der Waals surface area contributed by atoms with E-state index in [2.05, 4.69) is 0 Å². The lowest BCUT2D eigenvalue weighted by Crippen LogP contribution is -2.25. The van der Waals surface area contributed by atoms with Crippen LogP contribution >= 0.6 is 7.60 Å². The van der Waals surface area contributed by atoms with Crippen LogP contribution in [-0.4, -0.2) is 16.7 Å². The van der Waals surface area contributed by atoms with Crippen molar-refractivity contribution in [3.8, 4) is 0 Å². The van der Waals surface area contributed by atoms with Gasteiger partial charge in [-0.25, -0.2) is 0 Å². The third-order valence-electron chi connectivity index (χ3n) is 3.69. The van der Waals surface area contributed by atoms with Gasteiger partial charge in [-0.2, -0.15) is 13.2 Å². The molecule has 1 aliphatic carbocycles. The molecule has 0 amide bonds. The van der Waals surface area contributed by atoms with E-state index in [4.69, 9.17) is 4.52 Å². The Morgan fingerprint density at radius 1 is 1.14 bits per heavy atom. The first-order valence-electron chi connectivity index (χ1n) is 6.93. The Bertz CT molecular complexity index is 498. The van der Waals surface area contributed by atoms with E-state index < -0.39 is 25.5 Å². The summed E-state index contributed by atoms with van der Waals surface area (Å²) in [5, 5.41) is 0. The van der Waals surface area contributed by atoms with Crippen molar-refractivity contribution >= 4 is 7.60 Å². The fourth-order valence-electron chi connectivity index (χ4n) is 2.58. The van der Waals surface area contributed by atoms with Crippen LogP contribution in [0.15, 0.2) is 30.3 Å². The molecular formula is C14H18F3O3P. The van der Waals surface area contributed by atoms with E-state index in [1.54, 1.807) is 6.07 Å². The van der Waals surface area contributed by atoms with Crippen LogP contribution in [-0.2, 0) is 9.09 Å². The van der Waals surface area contributed by atoms with E-state index in [1.165, 1.54) is 24.3 Å². The van der Waals surface area contributed by atoms with Crippen LogP contribution in [0.2, 0.25) is 0 Å². The molecule has 1 aliphatic rings. The predicted molar refractivity (Wildman–Crippen MR) is 73.0 cm³/mol. The van der Waals surface area contributed by atoms with Crippen LogP contribution in [0.4, 0.5) is 13.2 Å². The summed E-state index contributed by atoms with van der Waals surface area (Å²) < 4.78 is 56.4. The summed E-state index contributed by atoms with van der Waals surface area (Å²) in [4.78, 5) is 9.97. The van der Waals surface area contributed by atoms with Gasteiger partial charge in [-0.3, -0.25) is 9.09 Å². The van der Waals surface area contributed by atoms with Gasteiger partial charge in [-0.1, -0.05) is 49.6 Å². The molecule has 0 radical (unpaired) electrons. The van der Waals surface area contributed by atoms with E-state index in [-0.39, 0.29) is 5.56 Å². The normalized spacial score (nSPS) is 21.7. The Balaban J connectivity index is 2.21. The SMILES string of the molecule is O=P(O)(OC(c1ccccc1)C(F)(F)F)C1CCCCC1. The van der Waals surface area contributed by atoms with Gasteiger partial charge in [0, 0.05) is 0 Å². The topological polar surface area (TPSA) is 46.5 Å². The fraction of sp³-hybridized carbons (Fsp3) is 0.571. The molecule has 0 aliphatic heterocycles. The van der Waals surface area contributed by atoms with Crippen molar-refractivity contribution < 1.29 is 27.2 Å². The molecule has 2 unspecified atom stereocenters. The van der Waals surface area contributed by atoms with Gasteiger partial charge in [0.15, 0.2) is 6.10 Å². The van der Waals surface area contributed by atoms with Gasteiger partial charge in [-0.05, 0) is 18.4 Å². The average molecular weight is 322 g/mol. The lowest BCUT2D eigenvalue weighted by Gasteiger charge is -2.30. The smallest absolute Gasteiger partial charge is 0.324 e. The van der Waals surface area contributed by atoms with Crippen LogP contribution in [0.3, 0.4) is 0 Å². The minimum Gasteiger partial charge on any atom is -0.324 e. The highest BCUT2D eigenvalue weighted by Crippen LogP contribution is 2.58. The first-order chi connectivity index (χ1) is 9.81. The maximum Gasteiger partial charge on any atom is 0.419 e. The Kier molecular flexibility index (Phi) is 5.12. The second kappa shape index (κ2) is 6.51. The first-order valence-corrected chi connectivity index (χ1v) is 8.58. The molecule has 2 atom stereocenters. The van der Waals surface area contributed by atoms with E-state index in [9.17, 15) is 22.6 Å². The molecule has 1 aromatic carbocycles. The monoisotopic (exact) mass is 322 g/mol. The lowest BCUT2D eigenvalue weighted by atomic mass is 10.0. The van der Waals surface area contributed by atoms with Crippen molar-refractivity contribution in [2.75, 3.05) is 0 Å². The molecule has 0 spiro atoms. The van der Waals surface area contributed by atoms with Crippen molar-refractivity contribution in [2.45, 2.75) is 50.0 Å². The molecule has 0 heterocycles. The molecule has 2 rings (SSSR count). The third kappa shape index (κ3) is 4.31. The standard InChI is InChI=1S/C14H18F3O3P/c15-14(16,17)13(11-7-3-1-4-8-11)20-21(18,19)12-9-5-2-6-10-12/h1,3-4,7-8,12-13H,2,5-6,9-10H2,(H,18,19). The van der Waals surface area contributed by atoms with Gasteiger partial charge in [-0.15, -0.1) is 0 Å². The summed E-state index contributed by atoms with van der Waals surface area (Å²) in [6.07, 6.45) is -3.77. The van der Waals surface area contributed by atoms with E-state index in [0.29, 0.717) is 12.8 Å². The Hall–Kier alpha value is -0.840. The predicted octanol–water partition coefficient (Wildman–Crippen LogP) is 4.82. The van der Waals surface area contributed by atoms with E-state index >= 15 is 0 Å². The van der Waals surface area contributed by atoms with Crippen LogP contribution in [0.1, 0.15) is 43.8 Å². The Morgan fingerprint density at radius 3 is 2.24 bits per heavy atom. The van der Waals surface area contributed by atoms with Crippen LogP contribution in [0, 0.1) is 0 Å². The largest absolute Gasteiger partial charge is 0.419 e. The number of hydrogen-bond donors (Lipinski definition) is 1. The molecule has 118 valence electrons. The van der Waals surface area contributed by atoms with Crippen LogP contribution in [0.5, 0.6) is 0 Å². The van der Waals surface area contributed by atoms with Gasteiger partial charge in [0.2, 0.25) is 0 Å². The maximum absolute atomic E-state index is 13.1. The van der Waals surface area contributed by atoms with Gasteiger partial charge in [0.25, 0.3) is 0 Å². The summed E-state index contributed by atoms with van der Waals surface area (Å²) in [5.41, 5.74) is -0.852. The summed E-state index contributed by atoms with van der Waals surface area (Å²) in [5.74, 6) is 0. The molecule has 3 nitrogen and oxygen atoms in total. The fourth-order valence-corrected chi connectivity index (χ4v) is 4.32. The summed E-state index contributed by atoms with van der Waals surface area (Å²) in [6.45, 7) is 0. The van der Waals surface area contributed by atoms with E-state index in [1.807, 2.05) is 0 Å². The average Bonchev–Trinajstić information content (AvgIpc) is 2.46. The van der Waals surface area contributed by atoms with Crippen molar-refractivity contribution in [1.29, 1.82) is 0 Å². The van der Waals surface area contributed by atoms with Gasteiger partial charge in [0.05, 0.1) is 5.66 Å². The van der Waals surface area contributed by atoms with Gasteiger partial charge >= 0.3 is 13.8 Å². The maximum atomic E-state index is 13.1. The van der Waals surface area contributed by atoms with Crippen LogP contribution in [0.25, 0.3) is 0 Å². The minimum atomic E-state index is -4.73. The van der Waals surface area contributed by atoms with Crippen molar-refractivity contribution in [2.24, 2.45) is 0 Å². The zero-order valence-electron chi connectivity index (χ0n) is 11.4. The number of alkyl halides is 3. The minimum absolute atomic E-state index is 0.157. The van der Waals surface area contributed by atoms with Gasteiger partial charge < -0.3 is 4.89 Å². The number of halogens is 3. The molecule has 0 saturated heterocycles. The summed E-state index contributed by atoms with van der Waals surface area (Å²) in [7, 11) is -4.31. The highest BCUT2D eigenvalue weighted by atomic mass is 31.2. The second-order valence-electron chi connectivity index (χ2n) is 5.29. The second-order valence-corrected chi connectivity index (χ2v) is 7.36. The third-order valence-corrected chi connectivity index (χ3v) is 5.64. The van der Waals surface area contributed by atoms with Crippen molar-refractivity contribution in [3.05, 3.63) is 35.9 Å². The summed E-state index contributed by atoms with van der Waals surface area (Å²) >= 11 is 0.